The van der Waals surface area contributed by atoms with Crippen LogP contribution in [-0.2, 0) is 24.2 Å². The Labute approximate surface area is 175 Å². The number of anilines is 1. The van der Waals surface area contributed by atoms with E-state index in [1.165, 1.54) is 16.7 Å². The molecular weight excluding hydrogens is 390 g/mol. The number of hydrogen-bond donors (Lipinski definition) is 2. The number of likely N-dealkylation sites (N-methyl/N-ethyl adjacent to an activating group) is 1. The predicted molar refractivity (Wildman–Crippen MR) is 113 cm³/mol. The molecule has 0 aromatic carbocycles. The van der Waals surface area contributed by atoms with Crippen molar-refractivity contribution in [1.29, 1.82) is 0 Å². The van der Waals surface area contributed by atoms with Crippen molar-refractivity contribution >= 4 is 23.5 Å². The largest absolute Gasteiger partial charge is 0.360 e. The van der Waals surface area contributed by atoms with Gasteiger partial charge in [0.05, 0.1) is 31.9 Å². The lowest BCUT2D eigenvalue weighted by atomic mass is 9.97. The lowest BCUT2D eigenvalue weighted by Gasteiger charge is -2.23. The monoisotopic (exact) mass is 420 g/mol. The molecule has 0 aliphatic heterocycles. The molecule has 2 aromatic heterocycles. The van der Waals surface area contributed by atoms with E-state index < -0.39 is 0 Å². The molecule has 8 nitrogen and oxygen atoms in total. The van der Waals surface area contributed by atoms with Crippen LogP contribution in [0.4, 0.5) is 5.82 Å². The smallest absolute Gasteiger partial charge is 0.349 e. The van der Waals surface area contributed by atoms with Gasteiger partial charge in [0, 0.05) is 17.3 Å². The highest BCUT2D eigenvalue weighted by molar-refractivity contribution is 8.00. The van der Waals surface area contributed by atoms with Gasteiger partial charge in [-0.15, -0.1) is 0 Å². The zero-order valence-electron chi connectivity index (χ0n) is 17.4. The molecule has 0 atom stereocenters. The van der Waals surface area contributed by atoms with Gasteiger partial charge in [-0.25, -0.2) is 4.79 Å². The van der Waals surface area contributed by atoms with Crippen LogP contribution in [0.3, 0.4) is 0 Å². The van der Waals surface area contributed by atoms with E-state index in [0.717, 1.165) is 56.6 Å². The van der Waals surface area contributed by atoms with E-state index in [4.69, 9.17) is 4.52 Å². The molecule has 2 N–H and O–H groups in total. The van der Waals surface area contributed by atoms with Gasteiger partial charge < -0.3 is 14.7 Å². The van der Waals surface area contributed by atoms with Gasteiger partial charge >= 0.3 is 5.69 Å². The van der Waals surface area contributed by atoms with Gasteiger partial charge in [-0.3, -0.25) is 9.36 Å². The van der Waals surface area contributed by atoms with Gasteiger partial charge in [-0.1, -0.05) is 16.9 Å². The minimum atomic E-state index is -0.202. The van der Waals surface area contributed by atoms with E-state index in [1.54, 1.807) is 13.0 Å². The average Bonchev–Trinajstić information content (AvgIpc) is 3.13. The van der Waals surface area contributed by atoms with E-state index in [1.807, 2.05) is 4.57 Å². The number of hydrogen-bond acceptors (Lipinski definition) is 6. The Morgan fingerprint density at radius 1 is 1.31 bits per heavy atom. The summed E-state index contributed by atoms with van der Waals surface area (Å²) in [6.07, 6.45) is 3.99. The summed E-state index contributed by atoms with van der Waals surface area (Å²) in [4.78, 5) is 30.8. The van der Waals surface area contributed by atoms with E-state index in [2.05, 4.69) is 29.3 Å². The summed E-state index contributed by atoms with van der Waals surface area (Å²) in [6.45, 7) is 9.82. The second kappa shape index (κ2) is 10.1. The average molecular weight is 421 g/mol. The van der Waals surface area contributed by atoms with Crippen LogP contribution in [0.25, 0.3) is 0 Å². The molecule has 0 saturated heterocycles. The molecule has 0 spiro atoms. The quantitative estimate of drug-likeness (QED) is 0.466. The molecule has 1 aliphatic rings. The van der Waals surface area contributed by atoms with Gasteiger partial charge in [-0.2, -0.15) is 4.98 Å². The Bertz CT molecular complexity index is 904. The van der Waals surface area contributed by atoms with Gasteiger partial charge in [0.15, 0.2) is 5.82 Å². The zero-order chi connectivity index (χ0) is 20.8. The molecule has 158 valence electrons. The first-order valence-corrected chi connectivity index (χ1v) is 11.3. The molecule has 2 aromatic rings. The molecule has 1 aliphatic carbocycles. The number of fused-ring (bicyclic) bond motifs is 1. The van der Waals surface area contributed by atoms with E-state index in [9.17, 15) is 9.59 Å². The third-order valence-electron chi connectivity index (χ3n) is 5.38. The Balaban J connectivity index is 1.73. The second-order valence-electron chi connectivity index (χ2n) is 7.35. The van der Waals surface area contributed by atoms with Crippen molar-refractivity contribution in [1.82, 2.24) is 14.7 Å². The van der Waals surface area contributed by atoms with Crippen LogP contribution in [0.2, 0.25) is 0 Å². The van der Waals surface area contributed by atoms with E-state index in [0.29, 0.717) is 23.1 Å². The minimum absolute atomic E-state index is 0.179. The number of amides is 1. The summed E-state index contributed by atoms with van der Waals surface area (Å²) in [7, 11) is 0. The third kappa shape index (κ3) is 5.48. The Morgan fingerprint density at radius 2 is 2.07 bits per heavy atom. The van der Waals surface area contributed by atoms with Crippen molar-refractivity contribution in [2.75, 3.05) is 30.7 Å². The third-order valence-corrected chi connectivity index (χ3v) is 6.39. The first-order valence-electron chi connectivity index (χ1n) is 10.3. The Hall–Kier alpha value is -2.13. The summed E-state index contributed by atoms with van der Waals surface area (Å²) in [5.74, 6) is 1.03. The number of aromatic nitrogens is 3. The van der Waals surface area contributed by atoms with Crippen LogP contribution < -0.4 is 15.9 Å². The highest BCUT2D eigenvalue weighted by atomic mass is 32.2. The molecule has 0 unspecified atom stereocenters. The maximum absolute atomic E-state index is 12.7. The van der Waals surface area contributed by atoms with Gasteiger partial charge in [-0.05, 0) is 46.5 Å². The van der Waals surface area contributed by atoms with Crippen molar-refractivity contribution in [2.24, 2.45) is 0 Å². The van der Waals surface area contributed by atoms with Crippen molar-refractivity contribution < 1.29 is 14.2 Å². The standard InChI is InChI=1S/C20H29N5O3S/c1-4-24(5-2)10-11-25-16-9-7-6-8-15(16)19(22-20(25)27)29-13-18(26)21-17-12-14(3)28-23-17/h12H,4-11,13H2,1-3H3,(H,21,23,26)/p+1. The Kier molecular flexibility index (Phi) is 7.49. The topological polar surface area (TPSA) is 94.5 Å². The summed E-state index contributed by atoms with van der Waals surface area (Å²) in [5.41, 5.74) is 2.05. The second-order valence-corrected chi connectivity index (χ2v) is 8.31. The molecule has 1 amide bonds. The van der Waals surface area contributed by atoms with Crippen molar-refractivity contribution in [3.8, 4) is 0 Å². The minimum Gasteiger partial charge on any atom is -0.360 e. The molecule has 0 radical (unpaired) electrons. The number of carbonyl (C=O) groups excluding carboxylic acids is 1. The zero-order valence-corrected chi connectivity index (χ0v) is 18.2. The first kappa shape index (κ1) is 21.6. The molecule has 0 bridgehead atoms. The first-order chi connectivity index (χ1) is 14.0. The summed E-state index contributed by atoms with van der Waals surface area (Å²) in [5, 5.41) is 7.17. The summed E-state index contributed by atoms with van der Waals surface area (Å²) < 4.78 is 6.82. The predicted octanol–water partition coefficient (Wildman–Crippen LogP) is 1.07. The molecule has 2 heterocycles. The molecule has 9 heteroatoms. The summed E-state index contributed by atoms with van der Waals surface area (Å²) in [6, 6.07) is 1.67. The SMILES string of the molecule is CC[NH+](CC)CCn1c2c(c(SCC(=O)Nc3cc(C)on3)nc1=O)CCCC2. The fraction of sp³-hybridized carbons (Fsp3) is 0.600. The number of aryl methyl sites for hydroxylation is 1. The number of nitrogens with zero attached hydrogens (tertiary/aromatic N) is 3. The number of nitrogens with one attached hydrogen (secondary N) is 2. The fourth-order valence-corrected chi connectivity index (χ4v) is 4.59. The van der Waals surface area contributed by atoms with Crippen LogP contribution in [0, 0.1) is 6.92 Å². The number of rotatable bonds is 9. The maximum Gasteiger partial charge on any atom is 0.349 e. The molecular formula is C20H30N5O3S+. The van der Waals surface area contributed by atoms with Crippen LogP contribution in [0.5, 0.6) is 0 Å². The van der Waals surface area contributed by atoms with Gasteiger partial charge in [0.2, 0.25) is 5.91 Å². The highest BCUT2D eigenvalue weighted by Gasteiger charge is 2.22. The number of quaternary nitrogens is 1. The summed E-state index contributed by atoms with van der Waals surface area (Å²) >= 11 is 1.33. The number of thioether (sulfide) groups is 1. The normalized spacial score (nSPS) is 13.5. The van der Waals surface area contributed by atoms with Crippen molar-refractivity contribution in [3.63, 3.8) is 0 Å². The maximum atomic E-state index is 12.7. The van der Waals surface area contributed by atoms with Crippen molar-refractivity contribution in [2.45, 2.75) is 58.0 Å². The highest BCUT2D eigenvalue weighted by Crippen LogP contribution is 2.28. The van der Waals surface area contributed by atoms with Crippen molar-refractivity contribution in [3.05, 3.63) is 33.6 Å². The van der Waals surface area contributed by atoms with Crippen LogP contribution in [0.15, 0.2) is 20.4 Å². The van der Waals surface area contributed by atoms with Crippen LogP contribution in [0.1, 0.15) is 43.7 Å². The van der Waals surface area contributed by atoms with E-state index in [-0.39, 0.29) is 17.3 Å². The number of carbonyl (C=O) groups is 1. The van der Waals surface area contributed by atoms with Crippen LogP contribution >= 0.6 is 11.8 Å². The Morgan fingerprint density at radius 3 is 2.76 bits per heavy atom. The van der Waals surface area contributed by atoms with Gasteiger partial charge in [0.25, 0.3) is 0 Å². The fourth-order valence-electron chi connectivity index (χ4n) is 3.71. The van der Waals surface area contributed by atoms with E-state index >= 15 is 0 Å². The van der Waals surface area contributed by atoms with Gasteiger partial charge in [0.1, 0.15) is 10.8 Å². The van der Waals surface area contributed by atoms with Crippen LogP contribution in [-0.4, -0.2) is 46.0 Å². The molecule has 0 saturated carbocycles. The lowest BCUT2D eigenvalue weighted by Crippen LogP contribution is -3.11. The molecule has 3 rings (SSSR count). The molecule has 0 fully saturated rings. The lowest BCUT2D eigenvalue weighted by molar-refractivity contribution is -0.897. The molecule has 29 heavy (non-hydrogen) atoms.